The molecule has 5 nitrogen and oxygen atoms in total. The number of rotatable bonds is 5. The average Bonchev–Trinajstić information content (AvgIpc) is 3.02. The molecule has 176 valence electrons. The monoisotopic (exact) mass is 441 g/mol. The number of ether oxygens (including phenoxy) is 1. The Morgan fingerprint density at radius 2 is 1.91 bits per heavy atom. The standard InChI is InChI=1S/C27H39NO4/c1-6-8-17(3)28-24(31)32-27(7-2)14-11-21-19-16-23(30)22-15-18(29)9-12-25(22,4)20(19)10-13-26(21,27)5/h9,12,15,17,19-21H,6-8,10-11,13-14,16H2,1-5H3,(H,28,31)/t17?,19-,20+,21+,25-,26+,27-/m1/s1. The number of carbonyl (C=O) groups excluding carboxylic acids is 3. The van der Waals surface area contributed by atoms with Gasteiger partial charge in [-0.3, -0.25) is 9.59 Å². The van der Waals surface area contributed by atoms with E-state index in [1.807, 2.05) is 13.0 Å². The molecule has 0 saturated heterocycles. The first kappa shape index (κ1) is 23.3. The van der Waals surface area contributed by atoms with Crippen LogP contribution >= 0.6 is 0 Å². The van der Waals surface area contributed by atoms with Gasteiger partial charge in [-0.1, -0.05) is 40.2 Å². The Bertz CT molecular complexity index is 875. The van der Waals surface area contributed by atoms with Gasteiger partial charge in [-0.25, -0.2) is 4.79 Å². The first-order chi connectivity index (χ1) is 15.1. The molecule has 0 aromatic heterocycles. The molecule has 0 radical (unpaired) electrons. The second-order valence-corrected chi connectivity index (χ2v) is 11.1. The smallest absolute Gasteiger partial charge is 0.407 e. The third-order valence-electron chi connectivity index (χ3n) is 9.62. The van der Waals surface area contributed by atoms with Crippen LogP contribution in [0, 0.1) is 28.6 Å². The lowest BCUT2D eigenvalue weighted by molar-refractivity contribution is -0.139. The summed E-state index contributed by atoms with van der Waals surface area (Å²) in [5, 5.41) is 3.03. The highest BCUT2D eigenvalue weighted by Gasteiger charge is 2.66. The summed E-state index contributed by atoms with van der Waals surface area (Å²) >= 11 is 0. The lowest BCUT2D eigenvalue weighted by Crippen LogP contribution is -2.57. The number of hydrogen-bond acceptors (Lipinski definition) is 4. The Hall–Kier alpha value is -1.91. The van der Waals surface area contributed by atoms with E-state index < -0.39 is 5.60 Å². The van der Waals surface area contributed by atoms with Crippen molar-refractivity contribution in [2.75, 3.05) is 0 Å². The maximum absolute atomic E-state index is 13.2. The molecule has 32 heavy (non-hydrogen) atoms. The lowest BCUT2D eigenvalue weighted by atomic mass is 9.47. The van der Waals surface area contributed by atoms with Crippen molar-refractivity contribution in [2.24, 2.45) is 28.6 Å². The average molecular weight is 442 g/mol. The topological polar surface area (TPSA) is 72.5 Å². The maximum atomic E-state index is 13.2. The van der Waals surface area contributed by atoms with E-state index in [0.29, 0.717) is 23.8 Å². The van der Waals surface area contributed by atoms with Gasteiger partial charge in [0.1, 0.15) is 5.60 Å². The van der Waals surface area contributed by atoms with E-state index in [0.717, 1.165) is 44.9 Å². The van der Waals surface area contributed by atoms with Gasteiger partial charge in [-0.15, -0.1) is 0 Å². The van der Waals surface area contributed by atoms with E-state index in [2.05, 4.69) is 33.0 Å². The molecule has 4 aliphatic carbocycles. The normalized spacial score (nSPS) is 41.3. The third kappa shape index (κ3) is 3.38. The fourth-order valence-corrected chi connectivity index (χ4v) is 7.86. The Kier molecular flexibility index (Phi) is 5.92. The van der Waals surface area contributed by atoms with Gasteiger partial charge in [-0.2, -0.15) is 0 Å². The van der Waals surface area contributed by atoms with Gasteiger partial charge in [0.05, 0.1) is 0 Å². The van der Waals surface area contributed by atoms with Crippen molar-refractivity contribution < 1.29 is 19.1 Å². The van der Waals surface area contributed by atoms with Crippen LogP contribution in [0.25, 0.3) is 0 Å². The summed E-state index contributed by atoms with van der Waals surface area (Å²) in [4.78, 5) is 38.0. The molecule has 0 spiro atoms. The van der Waals surface area contributed by atoms with Crippen molar-refractivity contribution in [3.63, 3.8) is 0 Å². The molecule has 5 heteroatoms. The number of ketones is 2. The minimum absolute atomic E-state index is 0.0764. The van der Waals surface area contributed by atoms with E-state index in [1.54, 1.807) is 12.2 Å². The van der Waals surface area contributed by atoms with Gasteiger partial charge in [0.15, 0.2) is 11.6 Å². The number of carbonyl (C=O) groups is 3. The van der Waals surface area contributed by atoms with Crippen LogP contribution in [0.3, 0.4) is 0 Å². The van der Waals surface area contributed by atoms with Gasteiger partial charge >= 0.3 is 6.09 Å². The summed E-state index contributed by atoms with van der Waals surface area (Å²) in [6, 6.07) is 0.101. The molecule has 0 aromatic rings. The number of nitrogens with one attached hydrogen (secondary N) is 1. The van der Waals surface area contributed by atoms with Gasteiger partial charge in [0, 0.05) is 28.9 Å². The van der Waals surface area contributed by atoms with Gasteiger partial charge in [-0.05, 0) is 75.4 Å². The second-order valence-electron chi connectivity index (χ2n) is 11.1. The number of fused-ring (bicyclic) bond motifs is 5. The van der Waals surface area contributed by atoms with Crippen LogP contribution in [0.1, 0.15) is 86.0 Å². The summed E-state index contributed by atoms with van der Waals surface area (Å²) in [7, 11) is 0. The van der Waals surface area contributed by atoms with Crippen LogP contribution < -0.4 is 5.32 Å². The SMILES string of the molecule is CCCC(C)NC(=O)O[C@]1(CC)CC[C@H]2[C@@H]3CC(=O)C4=CC(=O)C=C[C@]4(C)[C@H]3CC[C@@]21C. The highest BCUT2D eigenvalue weighted by Crippen LogP contribution is 2.67. The molecule has 0 heterocycles. The highest BCUT2D eigenvalue weighted by molar-refractivity contribution is 6.10. The van der Waals surface area contributed by atoms with Crippen molar-refractivity contribution in [1.29, 1.82) is 0 Å². The van der Waals surface area contributed by atoms with Crippen LogP contribution in [-0.2, 0) is 14.3 Å². The highest BCUT2D eigenvalue weighted by atomic mass is 16.6. The molecular weight excluding hydrogens is 402 g/mol. The molecule has 1 amide bonds. The van der Waals surface area contributed by atoms with Crippen LogP contribution in [0.5, 0.6) is 0 Å². The zero-order chi connectivity index (χ0) is 23.3. The summed E-state index contributed by atoms with van der Waals surface area (Å²) < 4.78 is 6.29. The van der Waals surface area contributed by atoms with Crippen molar-refractivity contribution in [1.82, 2.24) is 5.32 Å². The molecule has 1 unspecified atom stereocenters. The first-order valence-corrected chi connectivity index (χ1v) is 12.6. The quantitative estimate of drug-likeness (QED) is 0.608. The predicted octanol–water partition coefficient (Wildman–Crippen LogP) is 5.54. The molecule has 3 saturated carbocycles. The lowest BCUT2D eigenvalue weighted by Gasteiger charge is -2.58. The van der Waals surface area contributed by atoms with Gasteiger partial charge in [0.2, 0.25) is 0 Å². The molecule has 0 aromatic carbocycles. The minimum Gasteiger partial charge on any atom is -0.442 e. The molecule has 4 aliphatic rings. The second kappa shape index (κ2) is 8.14. The maximum Gasteiger partial charge on any atom is 0.407 e. The Morgan fingerprint density at radius 1 is 1.19 bits per heavy atom. The number of allylic oxidation sites excluding steroid dienone is 4. The van der Waals surface area contributed by atoms with E-state index >= 15 is 0 Å². The van der Waals surface area contributed by atoms with Crippen LogP contribution in [0.15, 0.2) is 23.8 Å². The van der Waals surface area contributed by atoms with Gasteiger partial charge < -0.3 is 10.1 Å². The molecule has 7 atom stereocenters. The van der Waals surface area contributed by atoms with Crippen LogP contribution in [0.2, 0.25) is 0 Å². The van der Waals surface area contributed by atoms with Gasteiger partial charge in [0.25, 0.3) is 0 Å². The molecule has 4 rings (SSSR count). The first-order valence-electron chi connectivity index (χ1n) is 12.6. The fourth-order valence-electron chi connectivity index (χ4n) is 7.86. The molecule has 1 N–H and O–H groups in total. The molecule has 0 aliphatic heterocycles. The minimum atomic E-state index is -0.489. The summed E-state index contributed by atoms with van der Waals surface area (Å²) in [6.45, 7) is 10.7. The largest absolute Gasteiger partial charge is 0.442 e. The number of Topliss-reactive ketones (excluding diaryl/α,β-unsaturated/α-hetero) is 1. The fraction of sp³-hybridized carbons (Fsp3) is 0.741. The van der Waals surface area contributed by atoms with Crippen molar-refractivity contribution in [3.05, 3.63) is 23.8 Å². The zero-order valence-corrected chi connectivity index (χ0v) is 20.3. The summed E-state index contributed by atoms with van der Waals surface area (Å²) in [5.74, 6) is 1.000. The number of alkyl carbamates (subject to hydrolysis) is 1. The predicted molar refractivity (Wildman–Crippen MR) is 124 cm³/mol. The number of amides is 1. The Labute approximate surface area is 192 Å². The summed E-state index contributed by atoms with van der Waals surface area (Å²) in [6.07, 6.45) is 11.9. The molecule has 0 bridgehead atoms. The molecular formula is C27H39NO4. The zero-order valence-electron chi connectivity index (χ0n) is 20.3. The third-order valence-corrected chi connectivity index (χ3v) is 9.62. The van der Waals surface area contributed by atoms with Crippen LogP contribution in [-0.4, -0.2) is 29.3 Å². The Morgan fingerprint density at radius 3 is 2.59 bits per heavy atom. The van der Waals surface area contributed by atoms with E-state index in [4.69, 9.17) is 4.74 Å². The van der Waals surface area contributed by atoms with Crippen molar-refractivity contribution in [2.45, 2.75) is 97.6 Å². The Balaban J connectivity index is 1.60. The van der Waals surface area contributed by atoms with Crippen LogP contribution in [0.4, 0.5) is 4.79 Å². The summed E-state index contributed by atoms with van der Waals surface area (Å²) in [5.41, 5.74) is -0.284. The van der Waals surface area contributed by atoms with E-state index in [1.165, 1.54) is 0 Å². The van der Waals surface area contributed by atoms with Crippen molar-refractivity contribution in [3.8, 4) is 0 Å². The van der Waals surface area contributed by atoms with E-state index in [-0.39, 0.29) is 40.4 Å². The molecule has 3 fully saturated rings. The van der Waals surface area contributed by atoms with E-state index in [9.17, 15) is 14.4 Å². The number of hydrogen-bond donors (Lipinski definition) is 1. The van der Waals surface area contributed by atoms with Crippen molar-refractivity contribution >= 4 is 17.7 Å².